The van der Waals surface area contributed by atoms with E-state index in [1.807, 2.05) is 12.1 Å². The van der Waals surface area contributed by atoms with Crippen molar-refractivity contribution in [3.8, 4) is 0 Å². The Labute approximate surface area is 126 Å². The number of nitrogens with one attached hydrogen (secondary N) is 1. The smallest absolute Gasteiger partial charge is 0.251 e. The van der Waals surface area contributed by atoms with Gasteiger partial charge in [-0.1, -0.05) is 35.0 Å². The SMILES string of the molecule is CCc1ccc(C(=O)NCc2cc(Br)ccc2F)cc1. The molecule has 0 atom stereocenters. The molecule has 0 aliphatic rings. The van der Waals surface area contributed by atoms with E-state index in [-0.39, 0.29) is 18.3 Å². The molecule has 0 aromatic heterocycles. The van der Waals surface area contributed by atoms with Crippen molar-refractivity contribution in [1.29, 1.82) is 0 Å². The zero-order chi connectivity index (χ0) is 14.5. The van der Waals surface area contributed by atoms with Crippen LogP contribution in [0.5, 0.6) is 0 Å². The van der Waals surface area contributed by atoms with Crippen molar-refractivity contribution in [3.63, 3.8) is 0 Å². The van der Waals surface area contributed by atoms with E-state index in [0.717, 1.165) is 10.9 Å². The van der Waals surface area contributed by atoms with Crippen LogP contribution in [0.4, 0.5) is 4.39 Å². The Morgan fingerprint density at radius 1 is 1.20 bits per heavy atom. The van der Waals surface area contributed by atoms with E-state index in [4.69, 9.17) is 0 Å². The molecule has 1 amide bonds. The molecule has 2 nitrogen and oxygen atoms in total. The zero-order valence-corrected chi connectivity index (χ0v) is 12.7. The van der Waals surface area contributed by atoms with Crippen molar-refractivity contribution in [2.75, 3.05) is 0 Å². The van der Waals surface area contributed by atoms with Gasteiger partial charge in [-0.3, -0.25) is 4.79 Å². The van der Waals surface area contributed by atoms with Crippen molar-refractivity contribution in [1.82, 2.24) is 5.32 Å². The Bertz CT molecular complexity index is 610. The standard InChI is InChI=1S/C16H15BrFNO/c1-2-11-3-5-12(6-4-11)16(20)19-10-13-9-14(17)7-8-15(13)18/h3-9H,2,10H2,1H3,(H,19,20). The highest BCUT2D eigenvalue weighted by molar-refractivity contribution is 9.10. The van der Waals surface area contributed by atoms with Crippen LogP contribution in [0.3, 0.4) is 0 Å². The second kappa shape index (κ2) is 6.66. The van der Waals surface area contributed by atoms with Crippen molar-refractivity contribution >= 4 is 21.8 Å². The van der Waals surface area contributed by atoms with Gasteiger partial charge in [0.15, 0.2) is 0 Å². The third-order valence-corrected chi connectivity index (χ3v) is 3.56. The minimum Gasteiger partial charge on any atom is -0.348 e. The highest BCUT2D eigenvalue weighted by Crippen LogP contribution is 2.15. The minimum atomic E-state index is -0.324. The first-order valence-corrected chi connectivity index (χ1v) is 7.20. The number of rotatable bonds is 4. The van der Waals surface area contributed by atoms with Crippen LogP contribution < -0.4 is 5.32 Å². The van der Waals surface area contributed by atoms with E-state index >= 15 is 0 Å². The molecule has 1 N–H and O–H groups in total. The largest absolute Gasteiger partial charge is 0.348 e. The molecular formula is C16H15BrFNO. The summed E-state index contributed by atoms with van der Waals surface area (Å²) in [5.41, 5.74) is 2.22. The summed E-state index contributed by atoms with van der Waals surface area (Å²) in [6.07, 6.45) is 0.936. The molecule has 0 radical (unpaired) electrons. The molecule has 2 aromatic rings. The van der Waals surface area contributed by atoms with Gasteiger partial charge >= 0.3 is 0 Å². The highest BCUT2D eigenvalue weighted by Gasteiger charge is 2.07. The number of aryl methyl sites for hydroxylation is 1. The van der Waals surface area contributed by atoms with E-state index in [2.05, 4.69) is 28.2 Å². The van der Waals surface area contributed by atoms with Gasteiger partial charge in [-0.05, 0) is 42.3 Å². The van der Waals surface area contributed by atoms with Gasteiger partial charge in [-0.2, -0.15) is 0 Å². The molecule has 2 rings (SSSR count). The molecule has 0 unspecified atom stereocenters. The second-order valence-corrected chi connectivity index (χ2v) is 5.38. The molecule has 0 saturated heterocycles. The fourth-order valence-electron chi connectivity index (χ4n) is 1.85. The lowest BCUT2D eigenvalue weighted by Gasteiger charge is -2.07. The van der Waals surface area contributed by atoms with E-state index < -0.39 is 0 Å². The van der Waals surface area contributed by atoms with Gasteiger partial charge in [0.25, 0.3) is 5.91 Å². The number of benzene rings is 2. The number of carbonyl (C=O) groups excluding carboxylic acids is 1. The minimum absolute atomic E-state index is 0.166. The molecule has 0 bridgehead atoms. The summed E-state index contributed by atoms with van der Waals surface area (Å²) in [5, 5.41) is 2.72. The first kappa shape index (κ1) is 14.7. The van der Waals surface area contributed by atoms with E-state index in [0.29, 0.717) is 11.1 Å². The van der Waals surface area contributed by atoms with Crippen LogP contribution >= 0.6 is 15.9 Å². The predicted octanol–water partition coefficient (Wildman–Crippen LogP) is 4.08. The van der Waals surface area contributed by atoms with Gasteiger partial charge in [-0.25, -0.2) is 4.39 Å². The van der Waals surface area contributed by atoms with Crippen molar-refractivity contribution in [2.45, 2.75) is 19.9 Å². The molecule has 0 spiro atoms. The average Bonchev–Trinajstić information content (AvgIpc) is 2.48. The lowest BCUT2D eigenvalue weighted by molar-refractivity contribution is 0.0950. The summed E-state index contributed by atoms with van der Waals surface area (Å²) in [6.45, 7) is 2.23. The van der Waals surface area contributed by atoms with Crippen molar-refractivity contribution in [2.24, 2.45) is 0 Å². The van der Waals surface area contributed by atoms with E-state index in [1.54, 1.807) is 24.3 Å². The number of halogens is 2. The molecule has 104 valence electrons. The van der Waals surface area contributed by atoms with Crippen LogP contribution in [0.2, 0.25) is 0 Å². The van der Waals surface area contributed by atoms with Gasteiger partial charge in [0.05, 0.1) is 0 Å². The van der Waals surface area contributed by atoms with Crippen LogP contribution in [-0.4, -0.2) is 5.91 Å². The van der Waals surface area contributed by atoms with Gasteiger partial charge in [0.1, 0.15) is 5.82 Å². The number of hydrogen-bond donors (Lipinski definition) is 1. The Kier molecular flexibility index (Phi) is 4.90. The summed E-state index contributed by atoms with van der Waals surface area (Å²) in [4.78, 5) is 12.0. The number of hydrogen-bond acceptors (Lipinski definition) is 1. The molecule has 0 saturated carbocycles. The third-order valence-electron chi connectivity index (χ3n) is 3.07. The first-order chi connectivity index (χ1) is 9.60. The highest BCUT2D eigenvalue weighted by atomic mass is 79.9. The summed E-state index contributed by atoms with van der Waals surface area (Å²) >= 11 is 3.28. The van der Waals surface area contributed by atoms with Gasteiger partial charge in [0, 0.05) is 22.1 Å². The van der Waals surface area contributed by atoms with Crippen LogP contribution in [0.25, 0.3) is 0 Å². The fraction of sp³-hybridized carbons (Fsp3) is 0.188. The summed E-state index contributed by atoms with van der Waals surface area (Å²) in [7, 11) is 0. The maximum atomic E-state index is 13.5. The normalized spacial score (nSPS) is 10.3. The Morgan fingerprint density at radius 3 is 2.55 bits per heavy atom. The first-order valence-electron chi connectivity index (χ1n) is 6.41. The van der Waals surface area contributed by atoms with Crippen LogP contribution in [-0.2, 0) is 13.0 Å². The van der Waals surface area contributed by atoms with Gasteiger partial charge < -0.3 is 5.32 Å². The maximum Gasteiger partial charge on any atom is 0.251 e. The molecule has 0 aliphatic carbocycles. The second-order valence-electron chi connectivity index (χ2n) is 4.47. The van der Waals surface area contributed by atoms with Crippen LogP contribution in [0.1, 0.15) is 28.4 Å². The fourth-order valence-corrected chi connectivity index (χ4v) is 2.26. The lowest BCUT2D eigenvalue weighted by atomic mass is 10.1. The Balaban J connectivity index is 2.02. The molecule has 20 heavy (non-hydrogen) atoms. The molecule has 0 heterocycles. The number of amides is 1. The van der Waals surface area contributed by atoms with E-state index in [9.17, 15) is 9.18 Å². The molecule has 0 fully saturated rings. The topological polar surface area (TPSA) is 29.1 Å². The summed E-state index contributed by atoms with van der Waals surface area (Å²) in [6, 6.07) is 12.1. The van der Waals surface area contributed by atoms with Crippen LogP contribution in [0, 0.1) is 5.82 Å². The quantitative estimate of drug-likeness (QED) is 0.896. The zero-order valence-electron chi connectivity index (χ0n) is 11.1. The number of carbonyl (C=O) groups is 1. The molecule has 4 heteroatoms. The van der Waals surface area contributed by atoms with Crippen molar-refractivity contribution < 1.29 is 9.18 Å². The molecule has 0 aliphatic heterocycles. The van der Waals surface area contributed by atoms with Gasteiger partial charge in [0.2, 0.25) is 0 Å². The van der Waals surface area contributed by atoms with Crippen molar-refractivity contribution in [3.05, 3.63) is 69.4 Å². The van der Waals surface area contributed by atoms with Crippen LogP contribution in [0.15, 0.2) is 46.9 Å². The average molecular weight is 336 g/mol. The Morgan fingerprint density at radius 2 is 1.90 bits per heavy atom. The third kappa shape index (κ3) is 3.67. The van der Waals surface area contributed by atoms with Gasteiger partial charge in [-0.15, -0.1) is 0 Å². The monoisotopic (exact) mass is 335 g/mol. The Hall–Kier alpha value is -1.68. The predicted molar refractivity (Wildman–Crippen MR) is 81.1 cm³/mol. The summed E-state index contributed by atoms with van der Waals surface area (Å²) in [5.74, 6) is -0.526. The summed E-state index contributed by atoms with van der Waals surface area (Å²) < 4.78 is 14.3. The molecule has 2 aromatic carbocycles. The lowest BCUT2D eigenvalue weighted by Crippen LogP contribution is -2.23. The molecular weight excluding hydrogens is 321 g/mol. The maximum absolute atomic E-state index is 13.5. The van der Waals surface area contributed by atoms with E-state index in [1.165, 1.54) is 11.6 Å².